The van der Waals surface area contributed by atoms with E-state index in [0.717, 1.165) is 6.29 Å². The first-order valence-electron chi connectivity index (χ1n) is 4.81. The molecule has 0 aromatic heterocycles. The zero-order valence-corrected chi connectivity index (χ0v) is 8.47. The Bertz CT molecular complexity index is 147. The molecule has 0 aromatic rings. The smallest absolute Gasteiger partial charge is 0.120 e. The lowest BCUT2D eigenvalue weighted by molar-refractivity contribution is -0.108. The molecule has 0 saturated carbocycles. The van der Waals surface area contributed by atoms with E-state index in [9.17, 15) is 4.79 Å². The number of unbranched alkanes of at least 4 members (excludes halogenated alkanes) is 1. The predicted octanol–water partition coefficient (Wildman–Crippen LogP) is 3.35. The number of carbonyl (C=O) groups is 1. The van der Waals surface area contributed by atoms with Gasteiger partial charge in [0.05, 0.1) is 0 Å². The van der Waals surface area contributed by atoms with Crippen LogP contribution in [0.1, 0.15) is 46.5 Å². The van der Waals surface area contributed by atoms with Gasteiger partial charge in [0.15, 0.2) is 0 Å². The maximum Gasteiger partial charge on any atom is 0.120 e. The Hall–Kier alpha value is -0.590. The molecule has 0 aromatic carbocycles. The zero-order valence-electron chi connectivity index (χ0n) is 8.47. The highest BCUT2D eigenvalue weighted by Crippen LogP contribution is 2.11. The minimum Gasteiger partial charge on any atom is -0.303 e. The van der Waals surface area contributed by atoms with Gasteiger partial charge in [0, 0.05) is 6.42 Å². The number of rotatable bonds is 6. The van der Waals surface area contributed by atoms with Crippen molar-refractivity contribution in [1.29, 1.82) is 0 Å². The topological polar surface area (TPSA) is 17.1 Å². The Morgan fingerprint density at radius 2 is 2.17 bits per heavy atom. The summed E-state index contributed by atoms with van der Waals surface area (Å²) >= 11 is 0. The Morgan fingerprint density at radius 1 is 1.50 bits per heavy atom. The SMILES string of the molecule is CCCC/C(C)=C/[C@@H](C)CC=O. The highest BCUT2D eigenvalue weighted by atomic mass is 16.1. The Labute approximate surface area is 75.9 Å². The molecule has 0 unspecified atom stereocenters. The lowest BCUT2D eigenvalue weighted by atomic mass is 10.0. The summed E-state index contributed by atoms with van der Waals surface area (Å²) in [5.74, 6) is 0.416. The quantitative estimate of drug-likeness (QED) is 0.439. The average molecular weight is 168 g/mol. The van der Waals surface area contributed by atoms with Gasteiger partial charge in [-0.3, -0.25) is 0 Å². The van der Waals surface area contributed by atoms with Gasteiger partial charge in [-0.2, -0.15) is 0 Å². The van der Waals surface area contributed by atoms with Gasteiger partial charge in [-0.15, -0.1) is 0 Å². The van der Waals surface area contributed by atoms with Crippen molar-refractivity contribution >= 4 is 6.29 Å². The largest absolute Gasteiger partial charge is 0.303 e. The molecule has 0 aliphatic rings. The van der Waals surface area contributed by atoms with E-state index in [-0.39, 0.29) is 0 Å². The number of hydrogen-bond donors (Lipinski definition) is 0. The maximum atomic E-state index is 10.2. The second-order valence-electron chi connectivity index (χ2n) is 3.50. The van der Waals surface area contributed by atoms with Crippen LogP contribution in [0.4, 0.5) is 0 Å². The molecule has 1 atom stereocenters. The summed E-state index contributed by atoms with van der Waals surface area (Å²) in [6.07, 6.45) is 7.55. The lowest BCUT2D eigenvalue weighted by Crippen LogP contribution is -1.92. The predicted molar refractivity (Wildman–Crippen MR) is 53.1 cm³/mol. The van der Waals surface area contributed by atoms with Gasteiger partial charge in [-0.25, -0.2) is 0 Å². The summed E-state index contributed by atoms with van der Waals surface area (Å²) in [7, 11) is 0. The Morgan fingerprint density at radius 3 is 2.67 bits per heavy atom. The third-order valence-electron chi connectivity index (χ3n) is 1.96. The highest BCUT2D eigenvalue weighted by Gasteiger charge is 1.97. The molecule has 1 nitrogen and oxygen atoms in total. The van der Waals surface area contributed by atoms with Gasteiger partial charge in [0.25, 0.3) is 0 Å². The fourth-order valence-corrected chi connectivity index (χ4v) is 1.24. The van der Waals surface area contributed by atoms with E-state index < -0.39 is 0 Å². The van der Waals surface area contributed by atoms with Gasteiger partial charge in [0.2, 0.25) is 0 Å². The van der Waals surface area contributed by atoms with Crippen LogP contribution in [0, 0.1) is 5.92 Å². The van der Waals surface area contributed by atoms with E-state index in [1.807, 2.05) is 0 Å². The first-order valence-corrected chi connectivity index (χ1v) is 4.81. The summed E-state index contributed by atoms with van der Waals surface area (Å²) in [6.45, 7) is 6.43. The van der Waals surface area contributed by atoms with Crippen molar-refractivity contribution in [3.05, 3.63) is 11.6 Å². The van der Waals surface area contributed by atoms with Gasteiger partial charge < -0.3 is 4.79 Å². The summed E-state index contributed by atoms with van der Waals surface area (Å²) in [6, 6.07) is 0. The molecule has 0 radical (unpaired) electrons. The van der Waals surface area contributed by atoms with Gasteiger partial charge in [0.1, 0.15) is 6.29 Å². The second-order valence-corrected chi connectivity index (χ2v) is 3.50. The summed E-state index contributed by atoms with van der Waals surface area (Å²) < 4.78 is 0. The summed E-state index contributed by atoms with van der Waals surface area (Å²) in [5, 5.41) is 0. The van der Waals surface area contributed by atoms with Crippen LogP contribution in [0.15, 0.2) is 11.6 Å². The van der Waals surface area contributed by atoms with Crippen LogP contribution in [-0.4, -0.2) is 6.29 Å². The van der Waals surface area contributed by atoms with Crippen molar-refractivity contribution < 1.29 is 4.79 Å². The van der Waals surface area contributed by atoms with Crippen molar-refractivity contribution in [1.82, 2.24) is 0 Å². The normalized spacial score (nSPS) is 14.4. The van der Waals surface area contributed by atoms with Crippen LogP contribution in [-0.2, 0) is 4.79 Å². The number of hydrogen-bond acceptors (Lipinski definition) is 1. The first kappa shape index (κ1) is 11.4. The van der Waals surface area contributed by atoms with Crippen LogP contribution in [0.2, 0.25) is 0 Å². The van der Waals surface area contributed by atoms with E-state index in [0.29, 0.717) is 12.3 Å². The number of allylic oxidation sites excluding steroid dienone is 2. The van der Waals surface area contributed by atoms with E-state index in [2.05, 4.69) is 26.8 Å². The maximum absolute atomic E-state index is 10.2. The fourth-order valence-electron chi connectivity index (χ4n) is 1.24. The molecular formula is C11H20O. The lowest BCUT2D eigenvalue weighted by Gasteiger charge is -2.03. The van der Waals surface area contributed by atoms with Gasteiger partial charge >= 0.3 is 0 Å². The van der Waals surface area contributed by atoms with Crippen LogP contribution in [0.5, 0.6) is 0 Å². The molecular weight excluding hydrogens is 148 g/mol. The van der Waals surface area contributed by atoms with E-state index in [1.54, 1.807) is 0 Å². The molecule has 1 heteroatoms. The molecule has 0 aliphatic heterocycles. The molecule has 0 amide bonds. The van der Waals surface area contributed by atoms with Crippen LogP contribution in [0.3, 0.4) is 0 Å². The molecule has 0 saturated heterocycles. The fraction of sp³-hybridized carbons (Fsp3) is 0.727. The molecule has 70 valence electrons. The number of carbonyl (C=O) groups excluding carboxylic acids is 1. The molecule has 0 rings (SSSR count). The minimum atomic E-state index is 0.416. The minimum absolute atomic E-state index is 0.416. The van der Waals surface area contributed by atoms with E-state index >= 15 is 0 Å². The first-order chi connectivity index (χ1) is 5.70. The Balaban J connectivity index is 3.71. The zero-order chi connectivity index (χ0) is 9.40. The van der Waals surface area contributed by atoms with Crippen molar-refractivity contribution in [3.63, 3.8) is 0 Å². The molecule has 12 heavy (non-hydrogen) atoms. The molecule has 0 bridgehead atoms. The summed E-state index contributed by atoms with van der Waals surface area (Å²) in [5.41, 5.74) is 1.42. The average Bonchev–Trinajstić information content (AvgIpc) is 2.01. The van der Waals surface area contributed by atoms with Crippen LogP contribution in [0.25, 0.3) is 0 Å². The monoisotopic (exact) mass is 168 g/mol. The molecule has 0 fully saturated rings. The third kappa shape index (κ3) is 6.14. The number of aldehydes is 1. The highest BCUT2D eigenvalue weighted by molar-refractivity contribution is 5.50. The van der Waals surface area contributed by atoms with Gasteiger partial charge in [-0.1, -0.05) is 31.9 Å². The van der Waals surface area contributed by atoms with Crippen molar-refractivity contribution in [2.24, 2.45) is 5.92 Å². The van der Waals surface area contributed by atoms with Crippen molar-refractivity contribution in [2.45, 2.75) is 46.5 Å². The second kappa shape index (κ2) is 7.08. The van der Waals surface area contributed by atoms with E-state index in [4.69, 9.17) is 0 Å². The Kier molecular flexibility index (Phi) is 6.73. The van der Waals surface area contributed by atoms with Crippen LogP contribution >= 0.6 is 0 Å². The molecule has 0 heterocycles. The standard InChI is InChI=1S/C11H20O/c1-4-5-6-10(2)9-11(3)7-8-12/h8-9,11H,4-7H2,1-3H3/b10-9+/t11-/m0/s1. The van der Waals surface area contributed by atoms with E-state index in [1.165, 1.54) is 24.8 Å². The molecule has 0 aliphatic carbocycles. The molecule has 0 spiro atoms. The van der Waals surface area contributed by atoms with Crippen molar-refractivity contribution in [3.8, 4) is 0 Å². The van der Waals surface area contributed by atoms with Crippen molar-refractivity contribution in [2.75, 3.05) is 0 Å². The third-order valence-corrected chi connectivity index (χ3v) is 1.96. The molecule has 0 N–H and O–H groups in total. The van der Waals surface area contributed by atoms with Crippen LogP contribution < -0.4 is 0 Å². The summed E-state index contributed by atoms with van der Waals surface area (Å²) in [4.78, 5) is 10.2. The van der Waals surface area contributed by atoms with Gasteiger partial charge in [-0.05, 0) is 25.7 Å².